The normalized spacial score (nSPS) is 13.2. The van der Waals surface area contributed by atoms with Crippen molar-refractivity contribution in [2.45, 2.75) is 45.4 Å². The zero-order valence-electron chi connectivity index (χ0n) is 11.6. The highest BCUT2D eigenvalue weighted by atomic mass is 32.1. The van der Waals surface area contributed by atoms with E-state index in [9.17, 15) is 19.5 Å². The molecule has 7 nitrogen and oxygen atoms in total. The third kappa shape index (κ3) is 7.34. The van der Waals surface area contributed by atoms with Crippen molar-refractivity contribution >= 4 is 30.5 Å². The van der Waals surface area contributed by atoms with Crippen LogP contribution in [0.5, 0.6) is 0 Å². The summed E-state index contributed by atoms with van der Waals surface area (Å²) in [6.45, 7) is 2.58. The number of aliphatic hydroxyl groups is 1. The minimum Gasteiger partial charge on any atom is -0.454 e. The molecule has 1 radical (unpaired) electrons. The van der Waals surface area contributed by atoms with Gasteiger partial charge in [0.05, 0.1) is 6.61 Å². The number of hydrogen-bond acceptors (Lipinski definition) is 6. The van der Waals surface area contributed by atoms with Crippen molar-refractivity contribution < 1.29 is 29.0 Å². The first-order valence-corrected chi connectivity index (χ1v) is 6.93. The smallest absolute Gasteiger partial charge is 0.307 e. The predicted octanol–water partition coefficient (Wildman–Crippen LogP) is 0.284. The van der Waals surface area contributed by atoms with Crippen LogP contribution in [0, 0.1) is 0 Å². The second-order valence-corrected chi connectivity index (χ2v) is 4.26. The van der Waals surface area contributed by atoms with Crippen molar-refractivity contribution in [3.63, 3.8) is 0 Å². The van der Waals surface area contributed by atoms with Gasteiger partial charge in [0, 0.05) is 25.0 Å². The second kappa shape index (κ2) is 10.5. The lowest BCUT2D eigenvalue weighted by Crippen LogP contribution is -2.49. The number of hydrogen-bond donors (Lipinski definition) is 2. The van der Waals surface area contributed by atoms with Crippen LogP contribution in [0.4, 0.5) is 0 Å². The van der Waals surface area contributed by atoms with Gasteiger partial charge in [-0.05, 0) is 0 Å². The van der Waals surface area contributed by atoms with E-state index in [4.69, 9.17) is 9.47 Å². The molecule has 8 heteroatoms. The van der Waals surface area contributed by atoms with E-state index >= 15 is 0 Å². The Bertz CT molecular complexity index is 336. The molecule has 0 rings (SSSR count). The summed E-state index contributed by atoms with van der Waals surface area (Å²) in [5, 5.41) is 11.6. The number of carbonyl (C=O) groups is 3. The summed E-state index contributed by atoms with van der Waals surface area (Å²) in [6, 6.07) is 0. The average Bonchev–Trinajstić information content (AvgIpc) is 2.43. The molecule has 0 aliphatic carbocycles. The number of nitrogens with one attached hydrogen (secondary N) is 1. The van der Waals surface area contributed by atoms with Crippen molar-refractivity contribution in [3.8, 4) is 0 Å². The first-order valence-electron chi connectivity index (χ1n) is 6.35. The lowest BCUT2D eigenvalue weighted by Gasteiger charge is -2.26. The van der Waals surface area contributed by atoms with Crippen LogP contribution in [0.15, 0.2) is 0 Å². The highest BCUT2D eigenvalue weighted by molar-refractivity contribution is 7.80. The van der Waals surface area contributed by atoms with E-state index in [1.54, 1.807) is 13.8 Å². The molecule has 20 heavy (non-hydrogen) atoms. The van der Waals surface area contributed by atoms with Gasteiger partial charge < -0.3 is 19.9 Å². The molecule has 0 bridgehead atoms. The van der Waals surface area contributed by atoms with Crippen molar-refractivity contribution in [1.29, 1.82) is 0 Å². The van der Waals surface area contributed by atoms with Gasteiger partial charge in [-0.1, -0.05) is 26.5 Å². The first kappa shape index (κ1) is 18.7. The highest BCUT2D eigenvalue weighted by Gasteiger charge is 2.29. The molecule has 1 amide bonds. The van der Waals surface area contributed by atoms with E-state index < -0.39 is 36.8 Å². The molecule has 0 aliphatic rings. The van der Waals surface area contributed by atoms with Crippen LogP contribution >= 0.6 is 12.6 Å². The summed E-state index contributed by atoms with van der Waals surface area (Å²) in [5.74, 6) is -1.39. The second-order valence-electron chi connectivity index (χ2n) is 3.85. The molecule has 2 atom stereocenters. The van der Waals surface area contributed by atoms with Crippen molar-refractivity contribution in [3.05, 3.63) is 0 Å². The Morgan fingerprint density at radius 1 is 1.15 bits per heavy atom. The SMILES string of the molecule is CCC(=O)OC(CO)C(NC(=O)CC[S])OC(=O)CC. The lowest BCUT2D eigenvalue weighted by molar-refractivity contribution is -0.175. The maximum Gasteiger partial charge on any atom is 0.307 e. The number of ether oxygens (including phenoxy) is 2. The molecule has 0 spiro atoms. The van der Waals surface area contributed by atoms with Crippen LogP contribution in [0.25, 0.3) is 0 Å². The van der Waals surface area contributed by atoms with Crippen LogP contribution in [0.1, 0.15) is 33.1 Å². The summed E-state index contributed by atoms with van der Waals surface area (Å²) in [6.07, 6.45) is -2.11. The topological polar surface area (TPSA) is 102 Å². The highest BCUT2D eigenvalue weighted by Crippen LogP contribution is 2.06. The fourth-order valence-electron chi connectivity index (χ4n) is 1.19. The number of esters is 2. The van der Waals surface area contributed by atoms with Crippen LogP contribution in [0.2, 0.25) is 0 Å². The number of aliphatic hydroxyl groups excluding tert-OH is 1. The van der Waals surface area contributed by atoms with E-state index in [-0.39, 0.29) is 25.0 Å². The van der Waals surface area contributed by atoms with Gasteiger partial charge in [0.1, 0.15) is 0 Å². The van der Waals surface area contributed by atoms with Crippen molar-refractivity contribution in [1.82, 2.24) is 5.32 Å². The Kier molecular flexibility index (Phi) is 9.83. The van der Waals surface area contributed by atoms with Gasteiger partial charge in [-0.3, -0.25) is 14.4 Å². The maximum absolute atomic E-state index is 11.5. The number of amides is 1. The summed E-state index contributed by atoms with van der Waals surface area (Å²) in [5.41, 5.74) is 0. The molecular weight excluding hydrogens is 286 g/mol. The van der Waals surface area contributed by atoms with Gasteiger partial charge in [-0.25, -0.2) is 0 Å². The molecule has 0 heterocycles. The molecule has 0 aromatic heterocycles. The molecular formula is C12H20NO6S. The Labute approximate surface area is 123 Å². The number of rotatable bonds is 9. The fraction of sp³-hybridized carbons (Fsp3) is 0.750. The zero-order valence-corrected chi connectivity index (χ0v) is 12.4. The summed E-state index contributed by atoms with van der Waals surface area (Å²) >= 11 is 4.67. The van der Waals surface area contributed by atoms with Gasteiger partial charge in [0.25, 0.3) is 0 Å². The van der Waals surface area contributed by atoms with E-state index in [0.717, 1.165) is 0 Å². The van der Waals surface area contributed by atoms with E-state index in [1.165, 1.54) is 0 Å². The average molecular weight is 306 g/mol. The molecule has 2 N–H and O–H groups in total. The van der Waals surface area contributed by atoms with E-state index in [0.29, 0.717) is 0 Å². The summed E-state index contributed by atoms with van der Waals surface area (Å²) in [7, 11) is 0. The molecule has 0 saturated heterocycles. The van der Waals surface area contributed by atoms with Gasteiger partial charge in [0.15, 0.2) is 6.10 Å². The van der Waals surface area contributed by atoms with Gasteiger partial charge in [0.2, 0.25) is 12.1 Å². The van der Waals surface area contributed by atoms with Crippen molar-refractivity contribution in [2.75, 3.05) is 12.4 Å². The summed E-state index contributed by atoms with van der Waals surface area (Å²) < 4.78 is 9.90. The lowest BCUT2D eigenvalue weighted by atomic mass is 10.3. The molecule has 0 saturated carbocycles. The molecule has 0 aromatic carbocycles. The van der Waals surface area contributed by atoms with Crippen LogP contribution in [0.3, 0.4) is 0 Å². The van der Waals surface area contributed by atoms with E-state index in [1.807, 2.05) is 0 Å². The van der Waals surface area contributed by atoms with Crippen molar-refractivity contribution in [2.24, 2.45) is 0 Å². The summed E-state index contributed by atoms with van der Waals surface area (Å²) in [4.78, 5) is 34.1. The van der Waals surface area contributed by atoms with Gasteiger partial charge in [-0.15, -0.1) is 0 Å². The third-order valence-electron chi connectivity index (χ3n) is 2.27. The largest absolute Gasteiger partial charge is 0.454 e. The Balaban J connectivity index is 4.80. The van der Waals surface area contributed by atoms with Gasteiger partial charge >= 0.3 is 11.9 Å². The van der Waals surface area contributed by atoms with Crippen LogP contribution < -0.4 is 5.32 Å². The van der Waals surface area contributed by atoms with Gasteiger partial charge in [-0.2, -0.15) is 0 Å². The van der Waals surface area contributed by atoms with Crippen LogP contribution in [-0.4, -0.2) is 47.6 Å². The molecule has 0 aromatic rings. The first-order chi connectivity index (χ1) is 9.48. The number of carbonyl (C=O) groups excluding carboxylic acids is 3. The Morgan fingerprint density at radius 2 is 1.70 bits per heavy atom. The minimum absolute atomic E-state index is 0.0649. The monoisotopic (exact) mass is 306 g/mol. The molecule has 115 valence electrons. The molecule has 0 fully saturated rings. The van der Waals surface area contributed by atoms with Crippen LogP contribution in [-0.2, 0) is 23.9 Å². The quantitative estimate of drug-likeness (QED) is 0.469. The molecule has 2 unspecified atom stereocenters. The standard InChI is InChI=1S/C12H20NO6S/c1-3-10(16)18-8(7-14)12(19-11(17)4-2)13-9(15)5-6-20/h8,12,14H,3-7H2,1-2H3,(H,13,15). The maximum atomic E-state index is 11.5. The fourth-order valence-corrected chi connectivity index (χ4v) is 1.38. The Morgan fingerprint density at radius 3 is 2.15 bits per heavy atom. The molecule has 0 aliphatic heterocycles. The third-order valence-corrected chi connectivity index (χ3v) is 2.47. The zero-order chi connectivity index (χ0) is 15.5. The Hall–Kier alpha value is -1.28. The van der Waals surface area contributed by atoms with E-state index in [2.05, 4.69) is 17.9 Å². The minimum atomic E-state index is -1.23. The predicted molar refractivity (Wildman–Crippen MR) is 72.6 cm³/mol.